The lowest BCUT2D eigenvalue weighted by molar-refractivity contribution is 0.301. The quantitative estimate of drug-likeness (QED) is 0.332. The molecule has 0 fully saturated rings. The Morgan fingerprint density at radius 1 is 0.788 bits per heavy atom. The van der Waals surface area contributed by atoms with E-state index >= 15 is 0 Å². The van der Waals surface area contributed by atoms with E-state index in [4.69, 9.17) is 4.74 Å². The number of aryl methyl sites for hydroxylation is 1. The highest BCUT2D eigenvalue weighted by Gasteiger charge is 2.15. The van der Waals surface area contributed by atoms with Gasteiger partial charge in [-0.25, -0.2) is 10.1 Å². The third kappa shape index (κ3) is 5.23. The number of nitrogens with zero attached hydrogens (tertiary/aromatic N) is 4. The van der Waals surface area contributed by atoms with Crippen LogP contribution in [-0.4, -0.2) is 25.6 Å². The van der Waals surface area contributed by atoms with E-state index in [1.165, 1.54) is 11.1 Å². The zero-order chi connectivity index (χ0) is 22.3. The van der Waals surface area contributed by atoms with Crippen LogP contribution in [0.4, 0.5) is 0 Å². The van der Waals surface area contributed by atoms with Crippen molar-refractivity contribution in [1.29, 1.82) is 0 Å². The van der Waals surface area contributed by atoms with Crippen molar-refractivity contribution in [1.82, 2.24) is 25.6 Å². The summed E-state index contributed by atoms with van der Waals surface area (Å²) in [6.07, 6.45) is 2.82. The molecular weight excluding hydrogens is 410 g/mol. The van der Waals surface area contributed by atoms with Crippen LogP contribution in [0.1, 0.15) is 41.4 Å². The molecule has 0 aliphatic carbocycles. The fraction of sp³-hybridized carbons (Fsp3) is 0.185. The fourth-order valence-corrected chi connectivity index (χ4v) is 4.11. The van der Waals surface area contributed by atoms with Gasteiger partial charge in [0.2, 0.25) is 0 Å². The summed E-state index contributed by atoms with van der Waals surface area (Å²) in [5.41, 5.74) is 4.48. The molecule has 0 bridgehead atoms. The van der Waals surface area contributed by atoms with Gasteiger partial charge in [-0.2, -0.15) is 0 Å². The Morgan fingerprint density at radius 2 is 1.58 bits per heavy atom. The van der Waals surface area contributed by atoms with Gasteiger partial charge in [0.15, 0.2) is 0 Å². The molecule has 1 atom stereocenters. The van der Waals surface area contributed by atoms with E-state index in [0.717, 1.165) is 47.4 Å². The first kappa shape index (κ1) is 20.8. The van der Waals surface area contributed by atoms with Gasteiger partial charge >= 0.3 is 0 Å². The Morgan fingerprint density at radius 3 is 2.39 bits per heavy atom. The van der Waals surface area contributed by atoms with Crippen molar-refractivity contribution in [2.75, 3.05) is 0 Å². The number of fused-ring (bicyclic) bond motifs is 1. The zero-order valence-electron chi connectivity index (χ0n) is 18.3. The molecule has 6 heteroatoms. The predicted molar refractivity (Wildman–Crippen MR) is 128 cm³/mol. The Kier molecular flexibility index (Phi) is 6.33. The molecule has 0 aliphatic rings. The monoisotopic (exact) mass is 435 g/mol. The summed E-state index contributed by atoms with van der Waals surface area (Å²) in [7, 11) is 0. The van der Waals surface area contributed by atoms with Crippen molar-refractivity contribution in [3.8, 4) is 5.75 Å². The highest BCUT2D eigenvalue weighted by Crippen LogP contribution is 2.31. The summed E-state index contributed by atoms with van der Waals surface area (Å²) in [5.74, 6) is 1.97. The van der Waals surface area contributed by atoms with Gasteiger partial charge in [-0.05, 0) is 58.7 Å². The number of aromatic amines is 1. The second-order valence-electron chi connectivity index (χ2n) is 8.06. The Labute approximate surface area is 192 Å². The number of nitrogens with one attached hydrogen (secondary N) is 1. The summed E-state index contributed by atoms with van der Waals surface area (Å²) in [5, 5.41) is 15.3. The van der Waals surface area contributed by atoms with Crippen molar-refractivity contribution in [2.24, 2.45) is 0 Å². The second kappa shape index (κ2) is 10.0. The zero-order valence-corrected chi connectivity index (χ0v) is 18.3. The molecule has 6 nitrogen and oxygen atoms in total. The maximum Gasteiger partial charge on any atom is 0.148 e. The summed E-state index contributed by atoms with van der Waals surface area (Å²) >= 11 is 0. The summed E-state index contributed by atoms with van der Waals surface area (Å²) in [4.78, 5) is 4.69. The Balaban J connectivity index is 1.26. The normalized spacial score (nSPS) is 12.0. The number of pyridine rings is 1. The van der Waals surface area contributed by atoms with Crippen molar-refractivity contribution in [3.05, 3.63) is 114 Å². The van der Waals surface area contributed by atoms with Gasteiger partial charge in [0.05, 0.1) is 11.2 Å². The molecule has 0 spiro atoms. The van der Waals surface area contributed by atoms with Gasteiger partial charge < -0.3 is 4.74 Å². The average molecular weight is 436 g/mol. The molecule has 2 heterocycles. The Bertz CT molecular complexity index is 1290. The van der Waals surface area contributed by atoms with Gasteiger partial charge in [0.25, 0.3) is 0 Å². The minimum Gasteiger partial charge on any atom is -0.487 e. The number of rotatable bonds is 9. The lowest BCUT2D eigenvalue weighted by Gasteiger charge is -2.18. The summed E-state index contributed by atoms with van der Waals surface area (Å²) < 4.78 is 6.02. The second-order valence-corrected chi connectivity index (χ2v) is 8.06. The smallest absolute Gasteiger partial charge is 0.148 e. The van der Waals surface area contributed by atoms with Crippen LogP contribution >= 0.6 is 0 Å². The number of hydrogen-bond donors (Lipinski definition) is 1. The van der Waals surface area contributed by atoms with Crippen LogP contribution in [0.15, 0.2) is 91.0 Å². The van der Waals surface area contributed by atoms with Crippen LogP contribution in [0.5, 0.6) is 5.75 Å². The number of hydrogen-bond acceptors (Lipinski definition) is 5. The van der Waals surface area contributed by atoms with Crippen LogP contribution in [0.2, 0.25) is 0 Å². The molecule has 0 amide bonds. The molecule has 1 N–H and O–H groups in total. The SMILES string of the molecule is c1ccc(C(CCCc2nnn[nH]2)c2ccc(OCc3ccc4ccccc4n3)cc2)cc1. The molecule has 0 saturated carbocycles. The molecule has 1 unspecified atom stereocenters. The van der Waals surface area contributed by atoms with Gasteiger partial charge in [0, 0.05) is 17.7 Å². The molecule has 33 heavy (non-hydrogen) atoms. The number of benzene rings is 3. The van der Waals surface area contributed by atoms with E-state index in [1.807, 2.05) is 36.4 Å². The van der Waals surface area contributed by atoms with E-state index in [0.29, 0.717) is 12.5 Å². The van der Waals surface area contributed by atoms with E-state index < -0.39 is 0 Å². The Hall–Kier alpha value is -4.06. The highest BCUT2D eigenvalue weighted by atomic mass is 16.5. The topological polar surface area (TPSA) is 76.6 Å². The number of ether oxygens (including phenoxy) is 1. The van der Waals surface area contributed by atoms with Crippen molar-refractivity contribution in [2.45, 2.75) is 31.8 Å². The molecule has 0 saturated heterocycles. The first-order chi connectivity index (χ1) is 16.3. The third-order valence-electron chi connectivity index (χ3n) is 5.82. The predicted octanol–water partition coefficient (Wildman–Crippen LogP) is 5.48. The lowest BCUT2D eigenvalue weighted by Crippen LogP contribution is -2.03. The first-order valence-electron chi connectivity index (χ1n) is 11.2. The largest absolute Gasteiger partial charge is 0.487 e. The molecule has 5 rings (SSSR count). The molecule has 164 valence electrons. The van der Waals surface area contributed by atoms with E-state index in [-0.39, 0.29) is 0 Å². The first-order valence-corrected chi connectivity index (χ1v) is 11.2. The number of tetrazole rings is 1. The lowest BCUT2D eigenvalue weighted by atomic mass is 9.87. The molecule has 0 aliphatic heterocycles. The number of aromatic nitrogens is 5. The van der Waals surface area contributed by atoms with Gasteiger partial charge in [-0.3, -0.25) is 0 Å². The maximum atomic E-state index is 6.02. The van der Waals surface area contributed by atoms with Crippen molar-refractivity contribution < 1.29 is 4.74 Å². The molecule has 3 aromatic carbocycles. The number of H-pyrrole nitrogens is 1. The molecular formula is C27H25N5O. The van der Waals surface area contributed by atoms with Gasteiger partial charge in [-0.15, -0.1) is 5.10 Å². The van der Waals surface area contributed by atoms with Crippen LogP contribution in [-0.2, 0) is 13.0 Å². The molecule has 2 aromatic heterocycles. The molecule has 0 radical (unpaired) electrons. The number of para-hydroxylation sites is 1. The van der Waals surface area contributed by atoms with Gasteiger partial charge in [0.1, 0.15) is 18.2 Å². The standard InChI is InChI=1S/C27H25N5O/c1-2-7-20(8-3-1)25(10-6-12-27-29-31-32-30-27)21-14-17-24(18-15-21)33-19-23-16-13-22-9-4-5-11-26(22)28-23/h1-5,7-9,11,13-18,25H,6,10,12,19H2,(H,29,30,31,32). The van der Waals surface area contributed by atoms with Crippen LogP contribution in [0, 0.1) is 0 Å². The van der Waals surface area contributed by atoms with Crippen molar-refractivity contribution in [3.63, 3.8) is 0 Å². The third-order valence-corrected chi connectivity index (χ3v) is 5.82. The fourth-order valence-electron chi connectivity index (χ4n) is 4.11. The maximum absolute atomic E-state index is 6.02. The van der Waals surface area contributed by atoms with Crippen molar-refractivity contribution >= 4 is 10.9 Å². The summed E-state index contributed by atoms with van der Waals surface area (Å²) in [6.45, 7) is 0.442. The van der Waals surface area contributed by atoms with E-state index in [1.54, 1.807) is 0 Å². The van der Waals surface area contributed by atoms with Crippen LogP contribution < -0.4 is 4.74 Å². The minimum atomic E-state index is 0.304. The van der Waals surface area contributed by atoms with Crippen LogP contribution in [0.25, 0.3) is 10.9 Å². The highest BCUT2D eigenvalue weighted by molar-refractivity contribution is 5.78. The minimum absolute atomic E-state index is 0.304. The average Bonchev–Trinajstić information content (AvgIpc) is 3.40. The summed E-state index contributed by atoms with van der Waals surface area (Å²) in [6, 6.07) is 31.3. The van der Waals surface area contributed by atoms with E-state index in [9.17, 15) is 0 Å². The molecule has 5 aromatic rings. The van der Waals surface area contributed by atoms with Gasteiger partial charge in [-0.1, -0.05) is 66.7 Å². The van der Waals surface area contributed by atoms with Crippen LogP contribution in [0.3, 0.4) is 0 Å². The van der Waals surface area contributed by atoms with E-state index in [2.05, 4.69) is 80.2 Å².